The van der Waals surface area contributed by atoms with E-state index in [-0.39, 0.29) is 4.84 Å². The van der Waals surface area contributed by atoms with Crippen molar-refractivity contribution >= 4 is 26.4 Å². The Kier molecular flexibility index (Phi) is 4.09. The molecule has 0 atom stereocenters. The van der Waals surface area contributed by atoms with E-state index in [0.29, 0.717) is 0 Å². The van der Waals surface area contributed by atoms with Crippen LogP contribution in [0, 0.1) is 0 Å². The van der Waals surface area contributed by atoms with Crippen molar-refractivity contribution < 1.29 is 24.2 Å². The summed E-state index contributed by atoms with van der Waals surface area (Å²) in [5, 5.41) is 0. The van der Waals surface area contributed by atoms with Crippen LogP contribution in [0.1, 0.15) is 6.92 Å². The zero-order valence-electron chi connectivity index (χ0n) is 3.33. The van der Waals surface area contributed by atoms with Gasteiger partial charge in [0.1, 0.15) is 0 Å². The molecule has 3 heteroatoms. The Hall–Kier alpha value is 1.33. The minimum atomic E-state index is -0.247. The van der Waals surface area contributed by atoms with Crippen molar-refractivity contribution in [2.75, 3.05) is 0 Å². The average molecular weight is 202 g/mol. The summed E-state index contributed by atoms with van der Waals surface area (Å²) in [7, 11) is 0. The number of alkyl halides is 2. The van der Waals surface area contributed by atoms with Gasteiger partial charge in [-0.2, -0.15) is 0 Å². The van der Waals surface area contributed by atoms with Gasteiger partial charge in [-0.15, -0.1) is 0 Å². The topological polar surface area (TPSA) is 0 Å². The zero-order valence-corrected chi connectivity index (χ0v) is 7.30. The third kappa shape index (κ3) is 3.52. The Morgan fingerprint density at radius 3 is 1.83 bits per heavy atom. The van der Waals surface area contributed by atoms with Crippen LogP contribution in [0.4, 0.5) is 0 Å². The van der Waals surface area contributed by atoms with Gasteiger partial charge in [-0.25, -0.2) is 0 Å². The zero-order chi connectivity index (χ0) is 5.15. The van der Waals surface area contributed by atoms with Crippen LogP contribution in [-0.4, -0.2) is 8.04 Å². The first-order valence-electron chi connectivity index (χ1n) is 1.48. The predicted molar refractivity (Wildman–Crippen MR) is 26.2 cm³/mol. The van der Waals surface area contributed by atoms with Gasteiger partial charge < -0.3 is 0 Å². The van der Waals surface area contributed by atoms with E-state index < -0.39 is 0 Å². The van der Waals surface area contributed by atoms with Gasteiger partial charge in [0.2, 0.25) is 0 Å². The van der Waals surface area contributed by atoms with Crippen LogP contribution < -0.4 is 0 Å². The Morgan fingerprint density at radius 2 is 1.83 bits per heavy atom. The van der Waals surface area contributed by atoms with Crippen LogP contribution in [0.3, 0.4) is 0 Å². The normalized spacial score (nSPS) is 9.17. The quantitative estimate of drug-likeness (QED) is 0.566. The van der Waals surface area contributed by atoms with E-state index >= 15 is 0 Å². The molecule has 0 rings (SSSR count). The van der Waals surface area contributed by atoms with Crippen LogP contribution in [0.5, 0.6) is 0 Å². The monoisotopic (exact) mass is 200 g/mol. The maximum atomic E-state index is 5.36. The molecule has 0 unspecified atom stereocenters. The summed E-state index contributed by atoms with van der Waals surface area (Å²) in [5.41, 5.74) is 0. The second kappa shape index (κ2) is 3.35. The van der Waals surface area contributed by atoms with Gasteiger partial charge in [-0.1, -0.05) is 0 Å². The van der Waals surface area contributed by atoms with Crippen molar-refractivity contribution in [3.63, 3.8) is 0 Å². The average Bonchev–Trinajstić information content (AvgIpc) is 1.36. The second-order valence-electron chi connectivity index (χ2n) is 0.984. The standard InChI is InChI=1S/C3H4Cl2.Zr/c1-2-3(4)5;/h3H,1H3;. The number of halogens is 2. The first-order chi connectivity index (χ1) is 2.64. The van der Waals surface area contributed by atoms with Gasteiger partial charge in [0.15, 0.2) is 0 Å². The molecule has 0 aromatic rings. The van der Waals surface area contributed by atoms with Crippen LogP contribution in [0.2, 0.25) is 0 Å². The molecular weight excluding hydrogens is 198 g/mol. The molecule has 0 N–H and O–H groups in total. The summed E-state index contributed by atoms with van der Waals surface area (Å²) in [6.07, 6.45) is 0. The molecule has 0 amide bonds. The molecule has 0 bridgehead atoms. The molecule has 34 valence electrons. The summed E-state index contributed by atoms with van der Waals surface area (Å²) in [6, 6.07) is 0. The van der Waals surface area contributed by atoms with Gasteiger partial charge in [0.05, 0.1) is 0 Å². The van der Waals surface area contributed by atoms with Crippen molar-refractivity contribution in [1.29, 1.82) is 0 Å². The Labute approximate surface area is 62.1 Å². The van der Waals surface area contributed by atoms with Crippen molar-refractivity contribution in [3.05, 3.63) is 0 Å². The van der Waals surface area contributed by atoms with E-state index in [4.69, 9.17) is 23.2 Å². The molecule has 0 aliphatic rings. The molecule has 0 nitrogen and oxygen atoms in total. The van der Waals surface area contributed by atoms with Crippen molar-refractivity contribution in [2.24, 2.45) is 0 Å². The minimum absolute atomic E-state index is 0.247. The maximum absolute atomic E-state index is 5.36. The van der Waals surface area contributed by atoms with Crippen molar-refractivity contribution in [2.45, 2.75) is 11.8 Å². The van der Waals surface area contributed by atoms with E-state index in [9.17, 15) is 0 Å². The van der Waals surface area contributed by atoms with Crippen LogP contribution in [0.25, 0.3) is 0 Å². The molecule has 0 saturated heterocycles. The Morgan fingerprint density at radius 1 is 1.67 bits per heavy atom. The fraction of sp³-hybridized carbons (Fsp3) is 0.667. The van der Waals surface area contributed by atoms with Gasteiger partial charge in [0.25, 0.3) is 0 Å². The Balaban J connectivity index is 3.26. The fourth-order valence-corrected chi connectivity index (χ4v) is 0. The summed E-state index contributed by atoms with van der Waals surface area (Å²) < 4.78 is 1.13. The summed E-state index contributed by atoms with van der Waals surface area (Å²) in [4.78, 5) is -0.247. The number of hydrogen-bond acceptors (Lipinski definition) is 0. The van der Waals surface area contributed by atoms with E-state index in [0.717, 1.165) is 3.21 Å². The molecule has 0 heterocycles. The number of rotatable bonds is 1. The molecule has 0 aliphatic heterocycles. The molecule has 6 heavy (non-hydrogen) atoms. The van der Waals surface area contributed by atoms with Crippen molar-refractivity contribution in [3.8, 4) is 0 Å². The van der Waals surface area contributed by atoms with E-state index in [1.165, 1.54) is 24.2 Å². The third-order valence-corrected chi connectivity index (χ3v) is 2.59. The van der Waals surface area contributed by atoms with Gasteiger partial charge in [-0.3, -0.25) is 0 Å². The second-order valence-corrected chi connectivity index (χ2v) is 4.02. The summed E-state index contributed by atoms with van der Waals surface area (Å²) >= 11 is 12.0. The molecule has 0 aromatic carbocycles. The van der Waals surface area contributed by atoms with Crippen LogP contribution in [0.15, 0.2) is 0 Å². The summed E-state index contributed by atoms with van der Waals surface area (Å²) in [6.45, 7) is 1.93. The third-order valence-electron chi connectivity index (χ3n) is 0.327. The van der Waals surface area contributed by atoms with Gasteiger partial charge in [0, 0.05) is 0 Å². The summed E-state index contributed by atoms with van der Waals surface area (Å²) in [5.74, 6) is 0. The molecule has 0 aliphatic carbocycles. The van der Waals surface area contributed by atoms with Gasteiger partial charge >= 0.3 is 62.4 Å². The van der Waals surface area contributed by atoms with E-state index in [1.54, 1.807) is 0 Å². The van der Waals surface area contributed by atoms with Crippen LogP contribution >= 0.6 is 23.2 Å². The first-order valence-corrected chi connectivity index (χ1v) is 3.58. The Bertz CT molecular complexity index is 59.8. The number of hydrogen-bond donors (Lipinski definition) is 0. The molecule has 0 radical (unpaired) electrons. The van der Waals surface area contributed by atoms with Gasteiger partial charge in [-0.05, 0) is 0 Å². The SMILES string of the molecule is C[C](=[Zr])C(Cl)Cl. The van der Waals surface area contributed by atoms with Crippen LogP contribution in [-0.2, 0) is 24.2 Å². The first kappa shape index (κ1) is 7.33. The molecular formula is C3H4Cl2Zr. The molecule has 0 fully saturated rings. The molecule has 0 aromatic heterocycles. The molecule has 0 saturated carbocycles. The van der Waals surface area contributed by atoms with Crippen molar-refractivity contribution in [1.82, 2.24) is 0 Å². The fourth-order valence-electron chi connectivity index (χ4n) is 0. The predicted octanol–water partition coefficient (Wildman–Crippen LogP) is 1.53. The molecule has 0 spiro atoms. The van der Waals surface area contributed by atoms with E-state index in [2.05, 4.69) is 0 Å². The van der Waals surface area contributed by atoms with E-state index in [1.807, 2.05) is 6.92 Å².